The maximum absolute atomic E-state index is 12.5. The summed E-state index contributed by atoms with van der Waals surface area (Å²) in [6.07, 6.45) is 3.06. The number of hydrogen-bond acceptors (Lipinski definition) is 5. The number of furan rings is 1. The first-order chi connectivity index (χ1) is 12.9. The van der Waals surface area contributed by atoms with Crippen LogP contribution in [0.2, 0.25) is 0 Å². The lowest BCUT2D eigenvalue weighted by Crippen LogP contribution is -2.35. The lowest BCUT2D eigenvalue weighted by molar-refractivity contribution is 0.0797. The molecule has 1 atom stereocenters. The number of carbonyl (C=O) groups is 2. The van der Waals surface area contributed by atoms with Crippen molar-refractivity contribution >= 4 is 11.8 Å². The molecular formula is C19H21N5O3. The summed E-state index contributed by atoms with van der Waals surface area (Å²) in [6.45, 7) is 2.43. The predicted octanol–water partition coefficient (Wildman–Crippen LogP) is 2.06. The van der Waals surface area contributed by atoms with Gasteiger partial charge in [-0.05, 0) is 31.2 Å². The molecule has 1 aromatic carbocycles. The Labute approximate surface area is 156 Å². The minimum atomic E-state index is -0.211. The highest BCUT2D eigenvalue weighted by atomic mass is 16.4. The van der Waals surface area contributed by atoms with Crippen LogP contribution in [0.25, 0.3) is 11.3 Å². The molecule has 0 aliphatic carbocycles. The van der Waals surface area contributed by atoms with Crippen molar-refractivity contribution in [3.63, 3.8) is 0 Å². The lowest BCUT2D eigenvalue weighted by Gasteiger charge is -2.14. The fraction of sp³-hybridized carbons (Fsp3) is 0.263. The van der Waals surface area contributed by atoms with Gasteiger partial charge in [0.15, 0.2) is 5.76 Å². The van der Waals surface area contributed by atoms with Crippen molar-refractivity contribution in [1.82, 2.24) is 25.0 Å². The minimum absolute atomic E-state index is 0.115. The average molecular weight is 367 g/mol. The number of benzene rings is 1. The van der Waals surface area contributed by atoms with Crippen molar-refractivity contribution in [2.24, 2.45) is 0 Å². The maximum Gasteiger partial charge on any atom is 0.289 e. The molecule has 0 radical (unpaired) electrons. The normalized spacial score (nSPS) is 11.8. The molecule has 0 fully saturated rings. The van der Waals surface area contributed by atoms with Gasteiger partial charge < -0.3 is 14.6 Å². The second kappa shape index (κ2) is 7.86. The fourth-order valence-electron chi connectivity index (χ4n) is 2.60. The topological polar surface area (TPSA) is 93.3 Å². The number of nitrogens with one attached hydrogen (secondary N) is 1. The van der Waals surface area contributed by atoms with E-state index >= 15 is 0 Å². The molecule has 8 nitrogen and oxygen atoms in total. The summed E-state index contributed by atoms with van der Waals surface area (Å²) in [7, 11) is 3.33. The van der Waals surface area contributed by atoms with E-state index in [-0.39, 0.29) is 23.6 Å². The van der Waals surface area contributed by atoms with E-state index in [1.165, 1.54) is 11.2 Å². The summed E-state index contributed by atoms with van der Waals surface area (Å²) in [5, 5.41) is 6.96. The molecule has 0 spiro atoms. The molecule has 140 valence electrons. The standard InChI is InChI=1S/C19H21N5O3/c1-13(10-24-12-20-11-21-24)22-18(25)15-6-4-5-14(9-15)16-7-8-17(27-16)19(26)23(2)3/h4-9,11-13H,10H2,1-3H3,(H,22,25)/t13-/m1/s1. The first-order valence-corrected chi connectivity index (χ1v) is 8.49. The van der Waals surface area contributed by atoms with Crippen molar-refractivity contribution < 1.29 is 14.0 Å². The van der Waals surface area contributed by atoms with Gasteiger partial charge in [0.2, 0.25) is 0 Å². The Balaban J connectivity index is 1.71. The molecule has 27 heavy (non-hydrogen) atoms. The summed E-state index contributed by atoms with van der Waals surface area (Å²) in [6, 6.07) is 10.3. The van der Waals surface area contributed by atoms with Gasteiger partial charge in [-0.1, -0.05) is 12.1 Å². The van der Waals surface area contributed by atoms with Crippen LogP contribution in [0.1, 0.15) is 27.8 Å². The lowest BCUT2D eigenvalue weighted by atomic mass is 10.1. The first kappa shape index (κ1) is 18.4. The SMILES string of the molecule is C[C@H](Cn1cncn1)NC(=O)c1cccc(-c2ccc(C(=O)N(C)C)o2)c1. The monoisotopic (exact) mass is 367 g/mol. The van der Waals surface area contributed by atoms with E-state index in [0.717, 1.165) is 5.56 Å². The summed E-state index contributed by atoms with van der Waals surface area (Å²) in [5.41, 5.74) is 1.24. The Morgan fingerprint density at radius 3 is 2.78 bits per heavy atom. The third-order valence-corrected chi connectivity index (χ3v) is 3.94. The molecule has 0 aliphatic heterocycles. The van der Waals surface area contributed by atoms with Crippen molar-refractivity contribution in [2.45, 2.75) is 19.5 Å². The third kappa shape index (κ3) is 4.41. The highest BCUT2D eigenvalue weighted by molar-refractivity contribution is 5.95. The smallest absolute Gasteiger partial charge is 0.289 e. The minimum Gasteiger partial charge on any atom is -0.451 e. The van der Waals surface area contributed by atoms with Crippen LogP contribution in [0.3, 0.4) is 0 Å². The second-order valence-electron chi connectivity index (χ2n) is 6.44. The van der Waals surface area contributed by atoms with Gasteiger partial charge in [0.25, 0.3) is 11.8 Å². The number of aromatic nitrogens is 3. The molecule has 0 saturated carbocycles. The third-order valence-electron chi connectivity index (χ3n) is 3.94. The van der Waals surface area contributed by atoms with Gasteiger partial charge in [0.05, 0.1) is 6.54 Å². The number of amides is 2. The summed E-state index contributed by atoms with van der Waals surface area (Å²) in [5.74, 6) is 0.384. The van der Waals surface area contributed by atoms with E-state index in [9.17, 15) is 9.59 Å². The highest BCUT2D eigenvalue weighted by Crippen LogP contribution is 2.23. The van der Waals surface area contributed by atoms with Crippen molar-refractivity contribution in [2.75, 3.05) is 14.1 Å². The van der Waals surface area contributed by atoms with Crippen LogP contribution in [-0.2, 0) is 6.54 Å². The van der Waals surface area contributed by atoms with Crippen LogP contribution in [0.15, 0.2) is 53.5 Å². The Hall–Kier alpha value is -3.42. The van der Waals surface area contributed by atoms with Gasteiger partial charge in [-0.15, -0.1) is 0 Å². The Morgan fingerprint density at radius 1 is 1.26 bits per heavy atom. The van der Waals surface area contributed by atoms with Gasteiger partial charge >= 0.3 is 0 Å². The van der Waals surface area contributed by atoms with Crippen LogP contribution in [0.4, 0.5) is 0 Å². The molecule has 2 amide bonds. The van der Waals surface area contributed by atoms with Crippen LogP contribution in [0, 0.1) is 0 Å². The molecule has 0 saturated heterocycles. The number of carbonyl (C=O) groups excluding carboxylic acids is 2. The van der Waals surface area contributed by atoms with Crippen molar-refractivity contribution in [3.05, 3.63) is 60.4 Å². The Morgan fingerprint density at radius 2 is 2.07 bits per heavy atom. The fourth-order valence-corrected chi connectivity index (χ4v) is 2.60. The largest absolute Gasteiger partial charge is 0.451 e. The highest BCUT2D eigenvalue weighted by Gasteiger charge is 2.15. The summed E-state index contributed by atoms with van der Waals surface area (Å²) < 4.78 is 7.30. The number of hydrogen-bond donors (Lipinski definition) is 1. The van der Waals surface area contributed by atoms with Gasteiger partial charge in [-0.2, -0.15) is 5.10 Å². The first-order valence-electron chi connectivity index (χ1n) is 8.49. The maximum atomic E-state index is 12.5. The Kier molecular flexibility index (Phi) is 5.35. The summed E-state index contributed by atoms with van der Waals surface area (Å²) in [4.78, 5) is 29.8. The molecule has 1 N–H and O–H groups in total. The van der Waals surface area contributed by atoms with Crippen molar-refractivity contribution in [1.29, 1.82) is 0 Å². The predicted molar refractivity (Wildman–Crippen MR) is 99.1 cm³/mol. The number of nitrogens with zero attached hydrogens (tertiary/aromatic N) is 4. The second-order valence-corrected chi connectivity index (χ2v) is 6.44. The molecular weight excluding hydrogens is 346 g/mol. The molecule has 3 rings (SSSR count). The molecule has 0 bridgehead atoms. The quantitative estimate of drug-likeness (QED) is 0.720. The molecule has 8 heteroatoms. The molecule has 0 aliphatic rings. The van der Waals surface area contributed by atoms with E-state index in [1.54, 1.807) is 55.4 Å². The van der Waals surface area contributed by atoms with Gasteiger partial charge in [0.1, 0.15) is 18.4 Å². The van der Waals surface area contributed by atoms with E-state index in [1.807, 2.05) is 13.0 Å². The van der Waals surface area contributed by atoms with Gasteiger partial charge in [0, 0.05) is 31.3 Å². The Bertz CT molecular complexity index is 930. The van der Waals surface area contributed by atoms with Crippen LogP contribution >= 0.6 is 0 Å². The molecule has 0 unspecified atom stereocenters. The van der Waals surface area contributed by atoms with E-state index in [0.29, 0.717) is 17.9 Å². The average Bonchev–Trinajstić information content (AvgIpc) is 3.32. The summed E-state index contributed by atoms with van der Waals surface area (Å²) >= 11 is 0. The molecule has 2 aromatic heterocycles. The van der Waals surface area contributed by atoms with E-state index in [2.05, 4.69) is 15.4 Å². The van der Waals surface area contributed by atoms with Crippen molar-refractivity contribution in [3.8, 4) is 11.3 Å². The van der Waals surface area contributed by atoms with Gasteiger partial charge in [-0.25, -0.2) is 4.98 Å². The molecule has 2 heterocycles. The zero-order valence-corrected chi connectivity index (χ0v) is 15.4. The van der Waals surface area contributed by atoms with E-state index < -0.39 is 0 Å². The van der Waals surface area contributed by atoms with Crippen LogP contribution in [-0.4, -0.2) is 51.6 Å². The van der Waals surface area contributed by atoms with Gasteiger partial charge in [-0.3, -0.25) is 14.3 Å². The van der Waals surface area contributed by atoms with E-state index in [4.69, 9.17) is 4.42 Å². The molecule has 3 aromatic rings. The zero-order chi connectivity index (χ0) is 19.4. The van der Waals surface area contributed by atoms with Crippen LogP contribution < -0.4 is 5.32 Å². The van der Waals surface area contributed by atoms with Crippen LogP contribution in [0.5, 0.6) is 0 Å². The zero-order valence-electron chi connectivity index (χ0n) is 15.4. The number of rotatable bonds is 6.